The number of aliphatic imine (C=N–C) groups is 1. The summed E-state index contributed by atoms with van der Waals surface area (Å²) in [5.74, 6) is -0.573. The highest BCUT2D eigenvalue weighted by Crippen LogP contribution is 2.11. The van der Waals surface area contributed by atoms with Crippen molar-refractivity contribution in [1.29, 1.82) is 0 Å². The quantitative estimate of drug-likeness (QED) is 0.384. The number of primary sulfonamides is 1. The lowest BCUT2D eigenvalue weighted by atomic mass is 10.1. The third-order valence-electron chi connectivity index (χ3n) is 3.60. The van der Waals surface area contributed by atoms with Crippen molar-refractivity contribution in [2.45, 2.75) is 11.3 Å². The van der Waals surface area contributed by atoms with Crippen molar-refractivity contribution in [2.24, 2.45) is 15.9 Å². The highest BCUT2D eigenvalue weighted by molar-refractivity contribution is 7.89. The molecule has 26 heavy (non-hydrogen) atoms. The van der Waals surface area contributed by atoms with Gasteiger partial charge in [0.1, 0.15) is 0 Å². The normalized spacial score (nSPS) is 12.0. The average molecular weight is 375 g/mol. The summed E-state index contributed by atoms with van der Waals surface area (Å²) in [5, 5.41) is 6.20. The van der Waals surface area contributed by atoms with Gasteiger partial charge in [0, 0.05) is 19.2 Å². The van der Waals surface area contributed by atoms with Crippen LogP contribution in [0.2, 0.25) is 0 Å². The molecule has 0 saturated carbocycles. The Balaban J connectivity index is 2.17. The van der Waals surface area contributed by atoms with Gasteiger partial charge in [0.05, 0.1) is 4.90 Å². The van der Waals surface area contributed by atoms with Gasteiger partial charge in [0.15, 0.2) is 0 Å². The van der Waals surface area contributed by atoms with Crippen molar-refractivity contribution >= 4 is 21.9 Å². The lowest BCUT2D eigenvalue weighted by Gasteiger charge is -2.22. The zero-order valence-corrected chi connectivity index (χ0v) is 15.1. The average Bonchev–Trinajstić information content (AvgIpc) is 2.64. The predicted molar refractivity (Wildman–Crippen MR) is 99.7 cm³/mol. The molecule has 0 unspecified atom stereocenters. The third-order valence-corrected chi connectivity index (χ3v) is 4.51. The number of carbonyl (C=O) groups is 1. The number of rotatable bonds is 6. The van der Waals surface area contributed by atoms with Crippen LogP contribution in [-0.4, -0.2) is 38.9 Å². The van der Waals surface area contributed by atoms with Gasteiger partial charge in [0.2, 0.25) is 16.0 Å². The minimum atomic E-state index is -3.92. The molecule has 0 aliphatic carbocycles. The van der Waals surface area contributed by atoms with Crippen LogP contribution in [0.15, 0.2) is 64.5 Å². The molecule has 0 radical (unpaired) electrons. The third kappa shape index (κ3) is 5.12. The van der Waals surface area contributed by atoms with Crippen molar-refractivity contribution in [1.82, 2.24) is 10.4 Å². The molecule has 0 spiro atoms. The molecule has 2 aromatic rings. The molecule has 0 fully saturated rings. The number of amides is 1. The molecule has 5 N–H and O–H groups in total. The maximum Gasteiger partial charge on any atom is 0.275 e. The second kappa shape index (κ2) is 8.56. The lowest BCUT2D eigenvalue weighted by Crippen LogP contribution is -2.51. The number of hydrogen-bond acceptors (Lipinski definition) is 5. The predicted octanol–water partition coefficient (Wildman–Crippen LogP) is 0.468. The van der Waals surface area contributed by atoms with Gasteiger partial charge < -0.3 is 5.73 Å². The fraction of sp³-hybridized carbons (Fsp3) is 0.176. The molecule has 0 saturated heterocycles. The van der Waals surface area contributed by atoms with E-state index in [9.17, 15) is 13.2 Å². The van der Waals surface area contributed by atoms with E-state index in [2.05, 4.69) is 10.4 Å². The number of nitrogens with one attached hydrogen (secondary N) is 1. The Hall–Kier alpha value is -2.75. The Labute approximate surface area is 152 Å². The largest absolute Gasteiger partial charge is 0.368 e. The van der Waals surface area contributed by atoms with Crippen molar-refractivity contribution in [3.05, 3.63) is 65.7 Å². The van der Waals surface area contributed by atoms with E-state index >= 15 is 0 Å². The zero-order valence-electron chi connectivity index (χ0n) is 14.3. The standard InChI is InChI=1S/C17H21N5O3S/c1-20-17(18)22(21-11-10-13-6-3-2-4-7-13)16(23)14-8-5-9-15(12-14)26(19,24)25/h2-9,12,21H,10-11H2,1H3,(H2,18,20)(H2,19,24,25). The number of hydrazine groups is 1. The lowest BCUT2D eigenvalue weighted by molar-refractivity contribution is 0.0789. The first kappa shape index (κ1) is 19.6. The van der Waals surface area contributed by atoms with E-state index < -0.39 is 15.9 Å². The van der Waals surface area contributed by atoms with Gasteiger partial charge in [-0.05, 0) is 30.2 Å². The van der Waals surface area contributed by atoms with Crippen LogP contribution in [0.5, 0.6) is 0 Å². The monoisotopic (exact) mass is 375 g/mol. The molecule has 9 heteroatoms. The molecule has 2 rings (SSSR count). The van der Waals surface area contributed by atoms with Gasteiger partial charge in [-0.15, -0.1) is 0 Å². The van der Waals surface area contributed by atoms with E-state index in [1.165, 1.54) is 31.3 Å². The first-order chi connectivity index (χ1) is 12.3. The first-order valence-electron chi connectivity index (χ1n) is 7.80. The molecule has 8 nitrogen and oxygen atoms in total. The van der Waals surface area contributed by atoms with Crippen LogP contribution >= 0.6 is 0 Å². The Morgan fingerprint density at radius 2 is 1.85 bits per heavy atom. The number of guanidine groups is 1. The number of nitrogens with zero attached hydrogens (tertiary/aromatic N) is 2. The molecule has 0 atom stereocenters. The maximum absolute atomic E-state index is 12.7. The second-order valence-corrected chi connectivity index (χ2v) is 7.00. The molecule has 0 bridgehead atoms. The van der Waals surface area contributed by atoms with Crippen LogP contribution in [0.4, 0.5) is 0 Å². The van der Waals surface area contributed by atoms with E-state index in [1.54, 1.807) is 0 Å². The van der Waals surface area contributed by atoms with Crippen molar-refractivity contribution in [3.8, 4) is 0 Å². The summed E-state index contributed by atoms with van der Waals surface area (Å²) in [4.78, 5) is 16.4. The molecule has 0 aliphatic rings. The van der Waals surface area contributed by atoms with E-state index in [0.717, 1.165) is 10.6 Å². The second-order valence-electron chi connectivity index (χ2n) is 5.44. The Kier molecular flexibility index (Phi) is 6.45. The van der Waals surface area contributed by atoms with Crippen LogP contribution in [0.3, 0.4) is 0 Å². The van der Waals surface area contributed by atoms with Crippen LogP contribution in [0.1, 0.15) is 15.9 Å². The highest BCUT2D eigenvalue weighted by atomic mass is 32.2. The number of hydrogen-bond donors (Lipinski definition) is 3. The SMILES string of the molecule is CN=C(N)N(NCCc1ccccc1)C(=O)c1cccc(S(N)(=O)=O)c1. The summed E-state index contributed by atoms with van der Waals surface area (Å²) in [6.07, 6.45) is 0.666. The van der Waals surface area contributed by atoms with E-state index in [1.807, 2.05) is 30.3 Å². The smallest absolute Gasteiger partial charge is 0.275 e. The fourth-order valence-corrected chi connectivity index (χ4v) is 2.81. The van der Waals surface area contributed by atoms with E-state index in [4.69, 9.17) is 10.9 Å². The fourth-order valence-electron chi connectivity index (χ4n) is 2.25. The van der Waals surface area contributed by atoms with E-state index in [0.29, 0.717) is 13.0 Å². The van der Waals surface area contributed by atoms with Gasteiger partial charge in [0.25, 0.3) is 5.91 Å². The first-order valence-corrected chi connectivity index (χ1v) is 9.34. The number of nitrogens with two attached hydrogens (primary N) is 2. The summed E-state index contributed by atoms with van der Waals surface area (Å²) in [7, 11) is -2.46. The van der Waals surface area contributed by atoms with Crippen LogP contribution in [-0.2, 0) is 16.4 Å². The molecule has 0 aromatic heterocycles. The summed E-state index contributed by atoms with van der Waals surface area (Å²) in [6, 6.07) is 15.2. The Morgan fingerprint density at radius 3 is 2.46 bits per heavy atom. The zero-order chi connectivity index (χ0) is 19.2. The minimum absolute atomic E-state index is 0.0379. The summed E-state index contributed by atoms with van der Waals surface area (Å²) >= 11 is 0. The van der Waals surface area contributed by atoms with E-state index in [-0.39, 0.29) is 16.4 Å². The summed E-state index contributed by atoms with van der Waals surface area (Å²) < 4.78 is 23.0. The Bertz CT molecular complexity index is 898. The number of sulfonamides is 1. The number of benzene rings is 2. The molecule has 138 valence electrons. The molecule has 1 amide bonds. The summed E-state index contributed by atoms with van der Waals surface area (Å²) in [6.45, 7) is 0.431. The van der Waals surface area contributed by atoms with Crippen molar-refractivity contribution < 1.29 is 13.2 Å². The van der Waals surface area contributed by atoms with Crippen LogP contribution < -0.4 is 16.3 Å². The van der Waals surface area contributed by atoms with Gasteiger partial charge in [-0.2, -0.15) is 0 Å². The Morgan fingerprint density at radius 1 is 1.15 bits per heavy atom. The maximum atomic E-state index is 12.7. The molecule has 0 aliphatic heterocycles. The summed E-state index contributed by atoms with van der Waals surface area (Å²) in [5.41, 5.74) is 9.94. The molecule has 2 aromatic carbocycles. The van der Waals surface area contributed by atoms with Gasteiger partial charge in [-0.25, -0.2) is 24.0 Å². The van der Waals surface area contributed by atoms with Gasteiger partial charge in [-0.3, -0.25) is 9.79 Å². The van der Waals surface area contributed by atoms with Crippen LogP contribution in [0.25, 0.3) is 0 Å². The van der Waals surface area contributed by atoms with Crippen molar-refractivity contribution in [2.75, 3.05) is 13.6 Å². The van der Waals surface area contributed by atoms with Gasteiger partial charge >= 0.3 is 0 Å². The van der Waals surface area contributed by atoms with Gasteiger partial charge in [-0.1, -0.05) is 36.4 Å². The van der Waals surface area contributed by atoms with Crippen molar-refractivity contribution in [3.63, 3.8) is 0 Å². The van der Waals surface area contributed by atoms with Crippen LogP contribution in [0, 0.1) is 0 Å². The highest BCUT2D eigenvalue weighted by Gasteiger charge is 2.20. The molecule has 0 heterocycles. The topological polar surface area (TPSA) is 131 Å². The number of carbonyl (C=O) groups excluding carboxylic acids is 1. The molecular formula is C17H21N5O3S. The minimum Gasteiger partial charge on any atom is -0.368 e. The molecular weight excluding hydrogens is 354 g/mol.